The molecule has 5 nitrogen and oxygen atoms in total. The summed E-state index contributed by atoms with van der Waals surface area (Å²) < 4.78 is 52.1. The molecule has 23 heavy (non-hydrogen) atoms. The van der Waals surface area contributed by atoms with Crippen molar-refractivity contribution in [1.29, 1.82) is 0 Å². The molecule has 0 bridgehead atoms. The maximum atomic E-state index is 13.5. The van der Waals surface area contributed by atoms with E-state index in [1.165, 1.54) is 19.1 Å². The molecule has 0 spiro atoms. The molecule has 2 aromatic carbocycles. The number of hydrogen-bond donors (Lipinski definition) is 1. The van der Waals surface area contributed by atoms with Gasteiger partial charge in [0, 0.05) is 11.6 Å². The molecule has 2 rings (SSSR count). The molecule has 0 radical (unpaired) electrons. The van der Waals surface area contributed by atoms with E-state index < -0.39 is 33.1 Å². The van der Waals surface area contributed by atoms with Crippen molar-refractivity contribution in [1.82, 2.24) is 4.72 Å². The van der Waals surface area contributed by atoms with Crippen LogP contribution in [-0.4, -0.2) is 20.1 Å². The average Bonchev–Trinajstić information content (AvgIpc) is 2.46. The van der Waals surface area contributed by atoms with E-state index in [4.69, 9.17) is 0 Å². The zero-order valence-corrected chi connectivity index (χ0v) is 12.7. The molecule has 1 amide bonds. The third kappa shape index (κ3) is 3.78. The van der Waals surface area contributed by atoms with Crippen LogP contribution in [-0.2, 0) is 10.0 Å². The van der Waals surface area contributed by atoms with Crippen LogP contribution in [0.5, 0.6) is 0 Å². The van der Waals surface area contributed by atoms with Gasteiger partial charge in [-0.2, -0.15) is 0 Å². The highest BCUT2D eigenvalue weighted by molar-refractivity contribution is 7.90. The second kappa shape index (κ2) is 6.25. The number of Topliss-reactive ketones (excluding diaryl/α,β-unsaturated/α-hetero) is 1. The van der Waals surface area contributed by atoms with Gasteiger partial charge in [-0.3, -0.25) is 9.59 Å². The molecule has 0 unspecified atom stereocenters. The van der Waals surface area contributed by atoms with Crippen molar-refractivity contribution >= 4 is 21.7 Å². The zero-order chi connectivity index (χ0) is 17.2. The van der Waals surface area contributed by atoms with E-state index in [0.29, 0.717) is 11.6 Å². The average molecular weight is 339 g/mol. The number of sulfonamides is 1. The first-order chi connectivity index (χ1) is 10.7. The second-order valence-electron chi connectivity index (χ2n) is 4.64. The molecule has 0 aliphatic carbocycles. The monoisotopic (exact) mass is 339 g/mol. The molecule has 0 aromatic heterocycles. The number of amides is 1. The topological polar surface area (TPSA) is 80.3 Å². The minimum Gasteiger partial charge on any atom is -0.295 e. The van der Waals surface area contributed by atoms with Crippen LogP contribution in [0.15, 0.2) is 47.4 Å². The number of carbonyl (C=O) groups is 2. The fourth-order valence-electron chi connectivity index (χ4n) is 1.78. The molecular weight excluding hydrogens is 328 g/mol. The Bertz CT molecular complexity index is 877. The Morgan fingerprint density at radius 2 is 1.61 bits per heavy atom. The van der Waals surface area contributed by atoms with Gasteiger partial charge in [0.1, 0.15) is 11.6 Å². The van der Waals surface area contributed by atoms with Crippen LogP contribution in [0.4, 0.5) is 8.78 Å². The molecule has 0 saturated carbocycles. The SMILES string of the molecule is CC(=O)c1ccc(S(=O)(=O)NC(=O)c2ccc(F)cc2F)cc1. The fourth-order valence-corrected chi connectivity index (χ4v) is 2.74. The molecule has 1 N–H and O–H groups in total. The van der Waals surface area contributed by atoms with E-state index in [1.807, 2.05) is 0 Å². The molecular formula is C15H11F2NO4S. The summed E-state index contributed by atoms with van der Waals surface area (Å²) in [5.41, 5.74) is -0.296. The van der Waals surface area contributed by atoms with Crippen molar-refractivity contribution in [3.8, 4) is 0 Å². The molecule has 0 heterocycles. The van der Waals surface area contributed by atoms with Crippen molar-refractivity contribution in [2.24, 2.45) is 0 Å². The van der Waals surface area contributed by atoms with Crippen LogP contribution >= 0.6 is 0 Å². The van der Waals surface area contributed by atoms with Crippen molar-refractivity contribution in [3.63, 3.8) is 0 Å². The summed E-state index contributed by atoms with van der Waals surface area (Å²) >= 11 is 0. The minimum atomic E-state index is -4.25. The molecule has 0 fully saturated rings. The standard InChI is InChI=1S/C15H11F2NO4S/c1-9(19)10-2-5-12(6-3-10)23(21,22)18-15(20)13-7-4-11(16)8-14(13)17/h2-8H,1H3,(H,18,20). The predicted octanol–water partition coefficient (Wildman–Crippen LogP) is 2.29. The summed E-state index contributed by atoms with van der Waals surface area (Å²) in [5, 5.41) is 0. The van der Waals surface area contributed by atoms with Crippen LogP contribution in [0.2, 0.25) is 0 Å². The van der Waals surface area contributed by atoms with Crippen molar-refractivity contribution in [2.75, 3.05) is 0 Å². The van der Waals surface area contributed by atoms with Gasteiger partial charge in [-0.05, 0) is 31.2 Å². The van der Waals surface area contributed by atoms with E-state index in [9.17, 15) is 26.8 Å². The summed E-state index contributed by atoms with van der Waals surface area (Å²) in [7, 11) is -4.25. The number of hydrogen-bond acceptors (Lipinski definition) is 4. The first kappa shape index (κ1) is 16.8. The Morgan fingerprint density at radius 1 is 1.00 bits per heavy atom. The highest BCUT2D eigenvalue weighted by atomic mass is 32.2. The quantitative estimate of drug-likeness (QED) is 0.867. The van der Waals surface area contributed by atoms with Gasteiger partial charge in [0.15, 0.2) is 5.78 Å². The van der Waals surface area contributed by atoms with Gasteiger partial charge in [0.25, 0.3) is 15.9 Å². The summed E-state index contributed by atoms with van der Waals surface area (Å²) in [6.07, 6.45) is 0. The van der Waals surface area contributed by atoms with Gasteiger partial charge in [0.05, 0.1) is 10.5 Å². The highest BCUT2D eigenvalue weighted by Crippen LogP contribution is 2.14. The lowest BCUT2D eigenvalue weighted by molar-refractivity contribution is 0.0975. The third-order valence-corrected chi connectivity index (χ3v) is 4.32. The van der Waals surface area contributed by atoms with Crippen molar-refractivity contribution in [3.05, 3.63) is 65.2 Å². The van der Waals surface area contributed by atoms with E-state index in [0.717, 1.165) is 24.3 Å². The molecule has 0 saturated heterocycles. The van der Waals surface area contributed by atoms with Gasteiger partial charge < -0.3 is 0 Å². The van der Waals surface area contributed by atoms with Crippen LogP contribution in [0.25, 0.3) is 0 Å². The number of benzene rings is 2. The summed E-state index contributed by atoms with van der Waals surface area (Å²) in [6.45, 7) is 1.32. The molecule has 120 valence electrons. The Balaban J connectivity index is 2.26. The first-order valence-corrected chi connectivity index (χ1v) is 7.82. The summed E-state index contributed by atoms with van der Waals surface area (Å²) in [6, 6.07) is 7.03. The first-order valence-electron chi connectivity index (χ1n) is 6.34. The van der Waals surface area contributed by atoms with Gasteiger partial charge in [-0.25, -0.2) is 21.9 Å². The number of carbonyl (C=O) groups excluding carboxylic acids is 2. The zero-order valence-electron chi connectivity index (χ0n) is 11.8. The van der Waals surface area contributed by atoms with Crippen LogP contribution in [0.3, 0.4) is 0 Å². The normalized spacial score (nSPS) is 11.1. The Labute approximate surface area is 131 Å². The van der Waals surface area contributed by atoms with Gasteiger partial charge in [-0.1, -0.05) is 12.1 Å². The molecule has 0 aliphatic rings. The lowest BCUT2D eigenvalue weighted by atomic mass is 10.2. The molecule has 0 atom stereocenters. The van der Waals surface area contributed by atoms with Gasteiger partial charge in [0.2, 0.25) is 0 Å². The second-order valence-corrected chi connectivity index (χ2v) is 6.32. The third-order valence-electron chi connectivity index (χ3n) is 2.97. The number of rotatable bonds is 4. The molecule has 8 heteroatoms. The lowest BCUT2D eigenvalue weighted by Gasteiger charge is -2.08. The lowest BCUT2D eigenvalue weighted by Crippen LogP contribution is -2.31. The highest BCUT2D eigenvalue weighted by Gasteiger charge is 2.21. The van der Waals surface area contributed by atoms with Crippen molar-refractivity contribution < 1.29 is 26.8 Å². The maximum absolute atomic E-state index is 13.5. The number of halogens is 2. The van der Waals surface area contributed by atoms with Crippen molar-refractivity contribution in [2.45, 2.75) is 11.8 Å². The Morgan fingerprint density at radius 3 is 2.13 bits per heavy atom. The van der Waals surface area contributed by atoms with E-state index >= 15 is 0 Å². The number of nitrogens with one attached hydrogen (secondary N) is 1. The van der Waals surface area contributed by atoms with Gasteiger partial charge >= 0.3 is 0 Å². The largest absolute Gasteiger partial charge is 0.295 e. The molecule has 2 aromatic rings. The fraction of sp³-hybridized carbons (Fsp3) is 0.0667. The summed E-state index contributed by atoms with van der Waals surface area (Å²) in [4.78, 5) is 22.7. The maximum Gasteiger partial charge on any atom is 0.267 e. The smallest absolute Gasteiger partial charge is 0.267 e. The predicted molar refractivity (Wildman–Crippen MR) is 77.5 cm³/mol. The van der Waals surface area contributed by atoms with Crippen LogP contribution in [0, 0.1) is 11.6 Å². The van der Waals surface area contributed by atoms with E-state index in [1.54, 1.807) is 4.72 Å². The van der Waals surface area contributed by atoms with Gasteiger partial charge in [-0.15, -0.1) is 0 Å². The van der Waals surface area contributed by atoms with Crippen LogP contribution in [0.1, 0.15) is 27.6 Å². The Hall–Kier alpha value is -2.61. The van der Waals surface area contributed by atoms with Crippen LogP contribution < -0.4 is 4.72 Å². The summed E-state index contributed by atoms with van der Waals surface area (Å²) in [5.74, 6) is -3.53. The molecule has 0 aliphatic heterocycles. The minimum absolute atomic E-state index is 0.244. The number of ketones is 1. The van der Waals surface area contributed by atoms with E-state index in [-0.39, 0.29) is 10.7 Å². The van der Waals surface area contributed by atoms with E-state index in [2.05, 4.69) is 0 Å². The Kier molecular flexibility index (Phi) is 4.55.